The van der Waals surface area contributed by atoms with Crippen molar-refractivity contribution in [3.05, 3.63) is 530 Å². The van der Waals surface area contributed by atoms with Crippen molar-refractivity contribution < 1.29 is 0 Å². The smallest absolute Gasteiger partial charge is 0.0622 e. The Hall–Kier alpha value is -17.2. The summed E-state index contributed by atoms with van der Waals surface area (Å²) in [4.78, 5) is 0. The van der Waals surface area contributed by atoms with E-state index in [4.69, 9.17) is 0 Å². The lowest BCUT2D eigenvalue weighted by Crippen LogP contribution is -2.26. The van der Waals surface area contributed by atoms with E-state index in [9.17, 15) is 0 Å². The van der Waals surface area contributed by atoms with Gasteiger partial charge in [0.15, 0.2) is 0 Å². The highest BCUT2D eigenvalue weighted by Gasteiger charge is 2.56. The number of rotatable bonds is 6. The van der Waals surface area contributed by atoms with Crippen LogP contribution in [-0.4, -0.2) is 0 Å². The Kier molecular flexibility index (Phi) is 16.0. The summed E-state index contributed by atoms with van der Waals surface area (Å²) < 4.78 is 0. The first-order valence-corrected chi connectivity index (χ1v) is 47.0. The van der Waals surface area contributed by atoms with Gasteiger partial charge in [-0.05, 0) is 309 Å². The van der Waals surface area contributed by atoms with Crippen LogP contribution in [0.2, 0.25) is 0 Å². The first-order valence-electron chi connectivity index (χ1n) is 47.0. The number of hydrogen-bond donors (Lipinski definition) is 0. The average molecular weight is 1690 g/mol. The molecule has 0 aromatic heterocycles. The van der Waals surface area contributed by atoms with E-state index in [1.165, 1.54) is 285 Å². The third kappa shape index (κ3) is 10.2. The maximum absolute atomic E-state index is 2.64. The zero-order chi connectivity index (χ0) is 87.6. The van der Waals surface area contributed by atoms with Crippen molar-refractivity contribution in [2.45, 2.75) is 10.8 Å². The van der Waals surface area contributed by atoms with Crippen molar-refractivity contribution in [2.24, 2.45) is 0 Å². The quantitative estimate of drug-likeness (QED) is 0.115. The molecule has 0 saturated carbocycles. The molecule has 4 aliphatic carbocycles. The lowest BCUT2D eigenvalue weighted by Gasteiger charge is -2.32. The standard InChI is InChI=1S/2C67H40/c1-2-18-41(19-3-1)42-34-35-44-39-45(37-36-43(44)38-42)62-53-27-9-11-29-55(53)63(56-30-12-10-28-54(56)62)58-40-61-64(51-25-7-5-22-48(51)58)65-52-26-8-4-20-46(52)47-21-6-13-31-57(47)66(65)67(61)59-32-16-14-23-49(59)50-24-15-17-33-60(50)67;1-2-20-41(21-3-1)42-38-39-56(44-23-5-4-22-43(42)44)62-52-31-11-13-33-54(52)63(55-34-14-12-32-53(55)62)58-40-61-64(50-29-9-7-26-47(50)58)65-51-30-10-6-24-45(51)46-25-8-15-35-57(46)66(65)67(61)59-36-18-16-27-48(59)49-28-17-19-37-60(49)67/h2*1-40H. The Morgan fingerprint density at radius 3 is 0.709 bits per heavy atom. The van der Waals surface area contributed by atoms with E-state index in [-0.39, 0.29) is 0 Å². The van der Waals surface area contributed by atoms with Gasteiger partial charge in [0.25, 0.3) is 0 Å². The van der Waals surface area contributed by atoms with E-state index in [1.54, 1.807) is 0 Å². The fourth-order valence-electron chi connectivity index (χ4n) is 25.8. The van der Waals surface area contributed by atoms with Crippen LogP contribution in [-0.2, 0) is 10.8 Å². The number of benzene rings is 26. The molecule has 0 bridgehead atoms. The molecule has 0 amide bonds. The van der Waals surface area contributed by atoms with Gasteiger partial charge < -0.3 is 0 Å². The van der Waals surface area contributed by atoms with E-state index < -0.39 is 10.8 Å². The van der Waals surface area contributed by atoms with Crippen molar-refractivity contribution in [1.82, 2.24) is 0 Å². The van der Waals surface area contributed by atoms with Crippen LogP contribution >= 0.6 is 0 Å². The average Bonchev–Trinajstić information content (AvgIpc) is 1.49. The molecule has 0 unspecified atom stereocenters. The van der Waals surface area contributed by atoms with Crippen molar-refractivity contribution in [1.29, 1.82) is 0 Å². The molecule has 0 nitrogen and oxygen atoms in total. The lowest BCUT2D eigenvalue weighted by atomic mass is 9.68. The van der Waals surface area contributed by atoms with E-state index in [1.807, 2.05) is 0 Å². The molecule has 0 saturated heterocycles. The highest BCUT2D eigenvalue weighted by molar-refractivity contribution is 6.32. The summed E-state index contributed by atoms with van der Waals surface area (Å²) in [6.07, 6.45) is 0. The zero-order valence-electron chi connectivity index (χ0n) is 73.2. The summed E-state index contributed by atoms with van der Waals surface area (Å²) >= 11 is 0. The van der Waals surface area contributed by atoms with Crippen molar-refractivity contribution in [3.8, 4) is 111 Å². The van der Waals surface area contributed by atoms with Gasteiger partial charge in [-0.3, -0.25) is 0 Å². The molecular formula is C134H80. The van der Waals surface area contributed by atoms with E-state index in [0.717, 1.165) is 0 Å². The Morgan fingerprint density at radius 2 is 0.343 bits per heavy atom. The molecule has 616 valence electrons. The molecule has 0 aliphatic heterocycles. The van der Waals surface area contributed by atoms with Crippen LogP contribution in [0.4, 0.5) is 0 Å². The third-order valence-electron chi connectivity index (χ3n) is 30.8. The summed E-state index contributed by atoms with van der Waals surface area (Å²) in [5.74, 6) is 0. The van der Waals surface area contributed by atoms with Crippen LogP contribution in [0.3, 0.4) is 0 Å². The largest absolute Gasteiger partial charge is 0.0732 e. The van der Waals surface area contributed by atoms with Gasteiger partial charge in [0.1, 0.15) is 0 Å². The second-order valence-electron chi connectivity index (χ2n) is 37.0. The molecule has 0 radical (unpaired) electrons. The van der Waals surface area contributed by atoms with E-state index in [2.05, 4.69) is 485 Å². The summed E-state index contributed by atoms with van der Waals surface area (Å²) in [5.41, 5.74) is 35.5. The Balaban J connectivity index is 0.000000131. The predicted molar refractivity (Wildman–Crippen MR) is 568 cm³/mol. The van der Waals surface area contributed by atoms with E-state index in [0.29, 0.717) is 0 Å². The Morgan fingerprint density at radius 1 is 0.104 bits per heavy atom. The van der Waals surface area contributed by atoms with Gasteiger partial charge in [-0.1, -0.05) is 461 Å². The predicted octanol–water partition coefficient (Wildman–Crippen LogP) is 35.9. The Bertz CT molecular complexity index is 9440. The fourth-order valence-corrected chi connectivity index (χ4v) is 25.8. The van der Waals surface area contributed by atoms with Crippen LogP contribution < -0.4 is 0 Å². The summed E-state index contributed by atoms with van der Waals surface area (Å²) in [6.45, 7) is 0. The van der Waals surface area contributed by atoms with Crippen molar-refractivity contribution in [3.63, 3.8) is 0 Å². The van der Waals surface area contributed by atoms with Crippen LogP contribution in [0.1, 0.15) is 44.5 Å². The second kappa shape index (κ2) is 28.7. The maximum atomic E-state index is 2.64. The van der Waals surface area contributed by atoms with Crippen LogP contribution in [0.15, 0.2) is 485 Å². The summed E-state index contributed by atoms with van der Waals surface area (Å²) in [5, 5.41) is 30.6. The van der Waals surface area contributed by atoms with Crippen LogP contribution in [0.5, 0.6) is 0 Å². The zero-order valence-corrected chi connectivity index (χ0v) is 73.2. The molecule has 2 spiro atoms. The second-order valence-corrected chi connectivity index (χ2v) is 37.0. The highest BCUT2D eigenvalue weighted by Crippen LogP contribution is 2.70. The first-order chi connectivity index (χ1) is 66.6. The summed E-state index contributed by atoms with van der Waals surface area (Å²) in [6, 6.07) is 183. The minimum atomic E-state index is -0.564. The van der Waals surface area contributed by atoms with Gasteiger partial charge in [-0.15, -0.1) is 0 Å². The van der Waals surface area contributed by atoms with Gasteiger partial charge in [-0.25, -0.2) is 0 Å². The topological polar surface area (TPSA) is 0 Å². The molecule has 26 aromatic carbocycles. The minimum Gasteiger partial charge on any atom is -0.0622 e. The first kappa shape index (κ1) is 74.7. The summed E-state index contributed by atoms with van der Waals surface area (Å²) in [7, 11) is 0. The van der Waals surface area contributed by atoms with Crippen molar-refractivity contribution >= 4 is 129 Å². The maximum Gasteiger partial charge on any atom is 0.0732 e. The fraction of sp³-hybridized carbons (Fsp3) is 0.0149. The van der Waals surface area contributed by atoms with Gasteiger partial charge in [0.2, 0.25) is 0 Å². The molecule has 0 heteroatoms. The molecule has 30 rings (SSSR count). The molecular weight excluding hydrogens is 1610 g/mol. The van der Waals surface area contributed by atoms with Gasteiger partial charge in [0, 0.05) is 0 Å². The lowest BCUT2D eigenvalue weighted by molar-refractivity contribution is 0.803. The molecule has 26 aromatic rings. The van der Waals surface area contributed by atoms with E-state index >= 15 is 0 Å². The number of hydrogen-bond acceptors (Lipinski definition) is 0. The molecule has 0 heterocycles. The molecule has 0 atom stereocenters. The van der Waals surface area contributed by atoms with Gasteiger partial charge >= 0.3 is 0 Å². The molecule has 134 heavy (non-hydrogen) atoms. The minimum absolute atomic E-state index is 0.558. The van der Waals surface area contributed by atoms with Gasteiger partial charge in [0.05, 0.1) is 10.8 Å². The SMILES string of the molecule is c1ccc(-c2ccc(-c3c4ccccc4c(-c4cc5c(c6ccccc46)-c4c(c6ccccc6c6ccccc46)C54c5ccccc5-c5ccccc54)c4ccccc34)c3ccccc23)cc1.c1ccc(-c2ccc3cc(-c4c5ccccc5c(-c5cc6c(c7ccccc57)-c5c(c7ccccc7c7ccccc57)C65c6ccccc6-c6ccccc65)c5ccccc45)ccc3c2)cc1. The monoisotopic (exact) mass is 1690 g/mol. The third-order valence-corrected chi connectivity index (χ3v) is 30.8. The van der Waals surface area contributed by atoms with Crippen LogP contribution in [0, 0.1) is 0 Å². The van der Waals surface area contributed by atoms with Gasteiger partial charge in [-0.2, -0.15) is 0 Å². The highest BCUT2D eigenvalue weighted by atomic mass is 14.6. The Labute approximate surface area is 775 Å². The normalized spacial score (nSPS) is 13.2. The van der Waals surface area contributed by atoms with Crippen molar-refractivity contribution in [2.75, 3.05) is 0 Å². The molecule has 0 fully saturated rings. The molecule has 0 N–H and O–H groups in total. The molecule has 4 aliphatic rings. The van der Waals surface area contributed by atoms with Crippen LogP contribution in [0.25, 0.3) is 241 Å². The number of fused-ring (bicyclic) bond motifs is 40.